The van der Waals surface area contributed by atoms with Crippen molar-refractivity contribution in [1.82, 2.24) is 0 Å². The Bertz CT molecular complexity index is 2150. The Balaban J connectivity index is 1.30. The molecule has 0 bridgehead atoms. The molecule has 10 nitrogen and oxygen atoms in total. The molecule has 3 N–H and O–H groups in total. The highest BCUT2D eigenvalue weighted by atomic mass is 16.6. The van der Waals surface area contributed by atoms with Crippen molar-refractivity contribution in [2.75, 3.05) is 13.7 Å². The molecule has 0 amide bonds. The standard InChI is InChI=1S/C43H40O10/c1-48-31-19-17-30(18-20-31)35-22-34(46)37-32(44)21-33(45)38(41(37)52-35)42-39(47)43(51-25-29-15-9-4-10-16-29)40(50-24-28-13-7-3-8-14-28)36(53-42)26-49-23-27-11-5-2-6-12-27/h2-22,36,39-40,42-45,47H,23-26H2,1H3/t36-,39+,40-,42+,43-/m1/s1. The lowest BCUT2D eigenvalue weighted by molar-refractivity contribution is -0.263. The molecule has 0 spiro atoms. The molecule has 7 rings (SSSR count). The minimum absolute atomic E-state index is 0.0272. The summed E-state index contributed by atoms with van der Waals surface area (Å²) >= 11 is 0. The molecular weight excluding hydrogens is 676 g/mol. The predicted molar refractivity (Wildman–Crippen MR) is 198 cm³/mol. The van der Waals surface area contributed by atoms with E-state index in [1.165, 1.54) is 6.07 Å². The van der Waals surface area contributed by atoms with Gasteiger partial charge >= 0.3 is 0 Å². The second kappa shape index (κ2) is 16.5. The van der Waals surface area contributed by atoms with Gasteiger partial charge in [0, 0.05) is 17.7 Å². The molecule has 0 unspecified atom stereocenters. The van der Waals surface area contributed by atoms with Crippen molar-refractivity contribution < 1.29 is 43.4 Å². The van der Waals surface area contributed by atoms with Crippen LogP contribution in [0.2, 0.25) is 0 Å². The molecule has 5 atom stereocenters. The summed E-state index contributed by atoms with van der Waals surface area (Å²) in [5, 5.41) is 34.4. The van der Waals surface area contributed by atoms with Crippen molar-refractivity contribution in [3.05, 3.63) is 160 Å². The van der Waals surface area contributed by atoms with E-state index in [2.05, 4.69) is 0 Å². The summed E-state index contributed by atoms with van der Waals surface area (Å²) in [5.74, 6) is -0.142. The van der Waals surface area contributed by atoms with E-state index in [0.717, 1.165) is 22.8 Å². The Kier molecular flexibility index (Phi) is 11.1. The van der Waals surface area contributed by atoms with Gasteiger partial charge in [-0.15, -0.1) is 0 Å². The molecule has 10 heteroatoms. The Morgan fingerprint density at radius 2 is 1.25 bits per heavy atom. The van der Waals surface area contributed by atoms with Crippen LogP contribution in [0.3, 0.4) is 0 Å². The largest absolute Gasteiger partial charge is 0.507 e. The number of aliphatic hydroxyl groups is 1. The van der Waals surface area contributed by atoms with Crippen molar-refractivity contribution in [3.8, 4) is 28.6 Å². The summed E-state index contributed by atoms with van der Waals surface area (Å²) in [6.45, 7) is 0.639. The maximum Gasteiger partial charge on any atom is 0.197 e. The molecule has 1 saturated heterocycles. The van der Waals surface area contributed by atoms with Gasteiger partial charge in [0.1, 0.15) is 58.9 Å². The lowest BCUT2D eigenvalue weighted by Gasteiger charge is -2.44. The number of ether oxygens (including phenoxy) is 5. The first-order valence-electron chi connectivity index (χ1n) is 17.3. The number of phenolic OH excluding ortho intramolecular Hbond substituents is 2. The van der Waals surface area contributed by atoms with Gasteiger partial charge in [-0.25, -0.2) is 0 Å². The van der Waals surface area contributed by atoms with Crippen LogP contribution in [-0.4, -0.2) is 53.5 Å². The molecule has 6 aromatic rings. The lowest BCUT2D eigenvalue weighted by Crippen LogP contribution is -2.57. The number of aliphatic hydroxyl groups excluding tert-OH is 1. The summed E-state index contributed by atoms with van der Waals surface area (Å²) in [7, 11) is 1.55. The Morgan fingerprint density at radius 1 is 0.679 bits per heavy atom. The topological polar surface area (TPSA) is 137 Å². The van der Waals surface area contributed by atoms with Gasteiger partial charge in [0.2, 0.25) is 0 Å². The number of rotatable bonds is 13. The summed E-state index contributed by atoms with van der Waals surface area (Å²) in [5.41, 5.74) is 2.56. The number of methoxy groups -OCH3 is 1. The van der Waals surface area contributed by atoms with Crippen LogP contribution in [0.15, 0.2) is 137 Å². The quantitative estimate of drug-likeness (QED) is 0.114. The van der Waals surface area contributed by atoms with Crippen molar-refractivity contribution in [1.29, 1.82) is 0 Å². The minimum atomic E-state index is -1.45. The van der Waals surface area contributed by atoms with Gasteiger partial charge in [-0.2, -0.15) is 0 Å². The van der Waals surface area contributed by atoms with Crippen LogP contribution in [-0.2, 0) is 38.8 Å². The monoisotopic (exact) mass is 716 g/mol. The summed E-state index contributed by atoms with van der Waals surface area (Å²) in [6, 6.07) is 38.0. The van der Waals surface area contributed by atoms with E-state index in [4.69, 9.17) is 28.1 Å². The highest BCUT2D eigenvalue weighted by Crippen LogP contribution is 2.45. The zero-order valence-electron chi connectivity index (χ0n) is 29.0. The lowest BCUT2D eigenvalue weighted by atomic mass is 9.89. The maximum atomic E-state index is 13.6. The second-order valence-electron chi connectivity index (χ2n) is 12.8. The second-order valence-corrected chi connectivity index (χ2v) is 12.8. The number of benzene rings is 5. The van der Waals surface area contributed by atoms with Gasteiger partial charge < -0.3 is 43.4 Å². The van der Waals surface area contributed by atoms with E-state index >= 15 is 0 Å². The van der Waals surface area contributed by atoms with Crippen molar-refractivity contribution in [2.24, 2.45) is 0 Å². The van der Waals surface area contributed by atoms with Crippen LogP contribution in [0, 0.1) is 0 Å². The zero-order chi connectivity index (χ0) is 36.7. The zero-order valence-corrected chi connectivity index (χ0v) is 29.0. The number of hydrogen-bond donors (Lipinski definition) is 3. The fourth-order valence-corrected chi connectivity index (χ4v) is 6.59. The molecule has 0 saturated carbocycles. The minimum Gasteiger partial charge on any atom is -0.507 e. The Morgan fingerprint density at radius 3 is 1.83 bits per heavy atom. The van der Waals surface area contributed by atoms with Crippen LogP contribution in [0.25, 0.3) is 22.3 Å². The predicted octanol–water partition coefficient (Wildman–Crippen LogP) is 7.07. The third-order valence-electron chi connectivity index (χ3n) is 9.28. The SMILES string of the molecule is COc1ccc(-c2cc(=O)c3c(O)cc(O)c([C@@H]4O[C@H](COCc5ccccc5)[C@@H](OCc5ccccc5)[C@H](OCc5ccccc5)[C@H]4O)c3o2)cc1. The number of phenols is 2. The maximum absolute atomic E-state index is 13.6. The van der Waals surface area contributed by atoms with E-state index < -0.39 is 47.4 Å². The molecule has 53 heavy (non-hydrogen) atoms. The summed E-state index contributed by atoms with van der Waals surface area (Å²) in [4.78, 5) is 13.6. The van der Waals surface area contributed by atoms with Crippen molar-refractivity contribution >= 4 is 11.0 Å². The van der Waals surface area contributed by atoms with E-state index in [9.17, 15) is 20.1 Å². The summed E-state index contributed by atoms with van der Waals surface area (Å²) < 4.78 is 37.4. The van der Waals surface area contributed by atoms with Gasteiger partial charge in [-0.05, 0) is 41.0 Å². The molecule has 1 aliphatic rings. The number of hydrogen-bond acceptors (Lipinski definition) is 10. The first kappa shape index (κ1) is 35.9. The van der Waals surface area contributed by atoms with Crippen molar-refractivity contribution in [2.45, 2.75) is 50.3 Å². The first-order chi connectivity index (χ1) is 25.9. The van der Waals surface area contributed by atoms with Crippen LogP contribution in [0.1, 0.15) is 28.4 Å². The van der Waals surface area contributed by atoms with Crippen molar-refractivity contribution in [3.63, 3.8) is 0 Å². The fraction of sp³-hybridized carbons (Fsp3) is 0.233. The third-order valence-corrected chi connectivity index (χ3v) is 9.28. The van der Waals surface area contributed by atoms with Crippen LogP contribution >= 0.6 is 0 Å². The Labute approximate surface area is 306 Å². The molecule has 5 aromatic carbocycles. The van der Waals surface area contributed by atoms with Gasteiger partial charge in [-0.1, -0.05) is 91.0 Å². The van der Waals surface area contributed by atoms with Gasteiger partial charge in [0.25, 0.3) is 0 Å². The normalized spacial score (nSPS) is 20.0. The van der Waals surface area contributed by atoms with E-state index in [1.54, 1.807) is 31.4 Å². The van der Waals surface area contributed by atoms with Gasteiger partial charge in [0.15, 0.2) is 11.0 Å². The molecule has 1 fully saturated rings. The van der Waals surface area contributed by atoms with Gasteiger partial charge in [0.05, 0.1) is 39.1 Å². The Hall–Kier alpha value is -5.49. The molecule has 1 aliphatic heterocycles. The molecular formula is C43H40O10. The van der Waals surface area contributed by atoms with E-state index in [-0.39, 0.29) is 48.7 Å². The highest BCUT2D eigenvalue weighted by Gasteiger charge is 2.49. The molecule has 272 valence electrons. The average molecular weight is 717 g/mol. The smallest absolute Gasteiger partial charge is 0.197 e. The van der Waals surface area contributed by atoms with Crippen LogP contribution < -0.4 is 10.2 Å². The van der Waals surface area contributed by atoms with Crippen LogP contribution in [0.4, 0.5) is 0 Å². The van der Waals surface area contributed by atoms with Crippen LogP contribution in [0.5, 0.6) is 17.2 Å². The van der Waals surface area contributed by atoms with Gasteiger partial charge in [-0.3, -0.25) is 4.79 Å². The molecule has 2 heterocycles. The molecule has 0 radical (unpaired) electrons. The first-order valence-corrected chi connectivity index (χ1v) is 17.3. The summed E-state index contributed by atoms with van der Waals surface area (Å²) in [6.07, 6.45) is -5.44. The van der Waals surface area contributed by atoms with E-state index in [0.29, 0.717) is 11.3 Å². The average Bonchev–Trinajstić information content (AvgIpc) is 3.18. The molecule has 0 aliphatic carbocycles. The number of fused-ring (bicyclic) bond motifs is 1. The fourth-order valence-electron chi connectivity index (χ4n) is 6.59. The third kappa shape index (κ3) is 8.12. The number of aromatic hydroxyl groups is 2. The van der Waals surface area contributed by atoms with E-state index in [1.807, 2.05) is 91.0 Å². The molecule has 1 aromatic heterocycles. The highest BCUT2D eigenvalue weighted by molar-refractivity contribution is 5.89.